The summed E-state index contributed by atoms with van der Waals surface area (Å²) in [7, 11) is 3.17. The molecule has 0 aliphatic heterocycles. The number of fused-ring (bicyclic) bond motifs is 2. The largest absolute Gasteiger partial charge is 0.489 e. The Morgan fingerprint density at radius 3 is 1.71 bits per heavy atom. The van der Waals surface area contributed by atoms with Crippen molar-refractivity contribution in [3.05, 3.63) is 137 Å². The van der Waals surface area contributed by atoms with Gasteiger partial charge < -0.3 is 24.4 Å². The van der Waals surface area contributed by atoms with Gasteiger partial charge >= 0.3 is 11.4 Å². The Balaban J connectivity index is 0.000000311. The van der Waals surface area contributed by atoms with Gasteiger partial charge in [0, 0.05) is 64.2 Å². The summed E-state index contributed by atoms with van der Waals surface area (Å²) in [6, 6.07) is 18.8. The minimum absolute atomic E-state index is 0. The maximum absolute atomic E-state index is 13.4. The molecule has 0 aliphatic carbocycles. The number of aliphatic hydroxyl groups excluding tert-OH is 1. The van der Waals surface area contributed by atoms with E-state index in [1.807, 2.05) is 83.1 Å². The van der Waals surface area contributed by atoms with Gasteiger partial charge in [0.25, 0.3) is 24.1 Å². The van der Waals surface area contributed by atoms with Gasteiger partial charge in [-0.25, -0.2) is 19.6 Å². The summed E-state index contributed by atoms with van der Waals surface area (Å²) in [5.74, 6) is 0.856. The number of carbonyl (C=O) groups is 2. The van der Waals surface area contributed by atoms with Crippen molar-refractivity contribution in [3.8, 4) is 11.5 Å². The molecule has 0 saturated carbocycles. The molecular weight excluding hydrogens is 866 g/mol. The first-order valence-corrected chi connectivity index (χ1v) is 20.2. The fraction of sp³-hybridized carbons (Fsp3) is 0.378. The number of carboxylic acid groups (broad SMARTS) is 1. The number of nitrogens with zero attached hydrogens (tertiary/aromatic N) is 6. The summed E-state index contributed by atoms with van der Waals surface area (Å²) in [4.78, 5) is 79.6. The third kappa shape index (κ3) is 12.4. The van der Waals surface area contributed by atoms with Crippen LogP contribution >= 0.6 is 0 Å². The van der Waals surface area contributed by atoms with Gasteiger partial charge in [-0.15, -0.1) is 0 Å². The molecule has 17 nitrogen and oxygen atoms in total. The number of hydrogen-bond donors (Lipinski definition) is 2. The minimum atomic E-state index is -1.10. The van der Waals surface area contributed by atoms with Crippen molar-refractivity contribution in [2.75, 3.05) is 6.61 Å². The standard InChI is InChI=1S/C22H25N3O5.C22H27N3O4.CH2O2.Zn/c1-15(2)30-18-13-23-20-19(17(18)12-16-8-5-4-6-9-16)21(27)25(22(28)24(20)3)10-7-11-29-14-26;1-5-6-12-25-21(27)18-17(19(26)15-10-8-7-9-11-15)16(29-14(2)3)13-23-20(18)24(4)22(25)28;2-1-3;/h4-6,8-9,13-15H,7,10-12H2,1-3H3;7-11,13-14,19,26H,5-6,12H2,1-4H3;1H,(H,2,3);. The zero-order valence-electron chi connectivity index (χ0n) is 36.7. The number of benzene rings is 2. The van der Waals surface area contributed by atoms with Crippen LogP contribution in [0, 0.1) is 0 Å². The summed E-state index contributed by atoms with van der Waals surface area (Å²) in [5, 5.41) is 18.6. The van der Waals surface area contributed by atoms with Crippen LogP contribution in [0.2, 0.25) is 0 Å². The summed E-state index contributed by atoms with van der Waals surface area (Å²) in [5.41, 5.74) is 1.45. The maximum Gasteiger partial charge on any atom is 0.332 e. The first-order valence-electron chi connectivity index (χ1n) is 20.2. The molecule has 6 aromatic rings. The second-order valence-corrected chi connectivity index (χ2v) is 14.7. The number of aliphatic hydroxyl groups is 1. The van der Waals surface area contributed by atoms with Gasteiger partial charge in [0.2, 0.25) is 0 Å². The molecule has 0 fully saturated rings. The Morgan fingerprint density at radius 1 is 0.714 bits per heavy atom. The molecule has 332 valence electrons. The van der Waals surface area contributed by atoms with Crippen molar-refractivity contribution < 1.29 is 53.5 Å². The Hall–Kier alpha value is -6.26. The zero-order valence-corrected chi connectivity index (χ0v) is 39.7. The molecule has 0 amide bonds. The van der Waals surface area contributed by atoms with Crippen LogP contribution in [0.1, 0.15) is 82.2 Å². The number of aryl methyl sites for hydroxylation is 2. The molecule has 0 saturated heterocycles. The number of ether oxygens (including phenoxy) is 3. The Bertz CT molecular complexity index is 2700. The summed E-state index contributed by atoms with van der Waals surface area (Å²) in [6.45, 7) is 10.2. The van der Waals surface area contributed by atoms with Crippen LogP contribution in [0.4, 0.5) is 0 Å². The van der Waals surface area contributed by atoms with Crippen molar-refractivity contribution >= 4 is 35.0 Å². The van der Waals surface area contributed by atoms with E-state index in [0.717, 1.165) is 16.6 Å². The molecule has 2 aromatic carbocycles. The first kappa shape index (κ1) is 51.1. The van der Waals surface area contributed by atoms with E-state index in [9.17, 15) is 29.1 Å². The third-order valence-corrected chi connectivity index (χ3v) is 9.56. The molecule has 0 bridgehead atoms. The average molecular weight is 920 g/mol. The second-order valence-electron chi connectivity index (χ2n) is 14.7. The molecule has 18 heteroatoms. The van der Waals surface area contributed by atoms with Crippen molar-refractivity contribution in [2.24, 2.45) is 14.1 Å². The average Bonchev–Trinajstić information content (AvgIpc) is 3.25. The van der Waals surface area contributed by atoms with Crippen molar-refractivity contribution in [2.45, 2.75) is 91.7 Å². The SMILES string of the molecule is CC(C)Oc1cnc2c(c1Cc1ccccc1)c(=O)n(CCCOC=O)c(=O)n2C.CCCCn1c(=O)c2c(C(O)c3ccccc3)c(OC(C)C)cnc2n(C)c1=O.O=CO.[Zn]. The quantitative estimate of drug-likeness (QED) is 0.0778. The van der Waals surface area contributed by atoms with Crippen LogP contribution in [0.25, 0.3) is 22.1 Å². The fourth-order valence-corrected chi connectivity index (χ4v) is 6.77. The van der Waals surface area contributed by atoms with Crippen LogP contribution < -0.4 is 32.0 Å². The van der Waals surface area contributed by atoms with E-state index >= 15 is 0 Å². The van der Waals surface area contributed by atoms with Crippen molar-refractivity contribution in [3.63, 3.8) is 0 Å². The molecule has 63 heavy (non-hydrogen) atoms. The van der Waals surface area contributed by atoms with Gasteiger partial charge in [-0.05, 0) is 51.7 Å². The molecule has 0 radical (unpaired) electrons. The Kier molecular flexibility index (Phi) is 19.8. The maximum atomic E-state index is 13.4. The molecule has 6 rings (SSSR count). The van der Waals surface area contributed by atoms with Crippen LogP contribution in [-0.2, 0) is 67.4 Å². The monoisotopic (exact) mass is 918 g/mol. The van der Waals surface area contributed by atoms with Gasteiger partial charge in [-0.2, -0.15) is 0 Å². The van der Waals surface area contributed by atoms with Crippen LogP contribution in [0.15, 0.2) is 92.2 Å². The summed E-state index contributed by atoms with van der Waals surface area (Å²) < 4.78 is 21.6. The predicted molar refractivity (Wildman–Crippen MR) is 234 cm³/mol. The fourth-order valence-electron chi connectivity index (χ4n) is 6.77. The molecule has 0 spiro atoms. The molecule has 0 aliphatic rings. The van der Waals surface area contributed by atoms with Crippen LogP contribution in [-0.4, -0.2) is 70.2 Å². The molecule has 4 heterocycles. The number of aromatic nitrogens is 6. The first-order chi connectivity index (χ1) is 29.7. The van der Waals surface area contributed by atoms with Gasteiger partial charge in [-0.3, -0.25) is 37.4 Å². The van der Waals surface area contributed by atoms with Crippen molar-refractivity contribution in [1.82, 2.24) is 28.2 Å². The van der Waals surface area contributed by atoms with E-state index in [4.69, 9.17) is 19.4 Å². The summed E-state index contributed by atoms with van der Waals surface area (Å²) >= 11 is 0. The molecule has 2 N–H and O–H groups in total. The van der Waals surface area contributed by atoms with Crippen LogP contribution in [0.3, 0.4) is 0 Å². The van der Waals surface area contributed by atoms with E-state index in [-0.39, 0.29) is 62.3 Å². The van der Waals surface area contributed by atoms with Gasteiger partial charge in [-0.1, -0.05) is 74.0 Å². The Labute approximate surface area is 376 Å². The second kappa shape index (κ2) is 24.4. The topological polar surface area (TPSA) is 216 Å². The number of pyridine rings is 2. The van der Waals surface area contributed by atoms with E-state index in [1.54, 1.807) is 32.4 Å². The number of rotatable bonds is 16. The van der Waals surface area contributed by atoms with Gasteiger partial charge in [0.1, 0.15) is 28.9 Å². The number of carbonyl (C=O) groups excluding carboxylic acids is 1. The molecule has 1 unspecified atom stereocenters. The van der Waals surface area contributed by atoms with E-state index in [1.165, 1.54) is 19.9 Å². The molecule has 1 atom stereocenters. The third-order valence-electron chi connectivity index (χ3n) is 9.56. The molecule has 4 aromatic heterocycles. The number of unbranched alkanes of at least 4 members (excludes halogenated alkanes) is 1. The van der Waals surface area contributed by atoms with E-state index < -0.39 is 28.6 Å². The minimum Gasteiger partial charge on any atom is -0.489 e. The smallest absolute Gasteiger partial charge is 0.332 e. The zero-order chi connectivity index (χ0) is 45.5. The van der Waals surface area contributed by atoms with Crippen LogP contribution in [0.5, 0.6) is 11.5 Å². The van der Waals surface area contributed by atoms with E-state index in [2.05, 4.69) is 14.7 Å². The van der Waals surface area contributed by atoms with Crippen molar-refractivity contribution in [1.29, 1.82) is 0 Å². The van der Waals surface area contributed by atoms with Gasteiger partial charge in [0.15, 0.2) is 0 Å². The summed E-state index contributed by atoms with van der Waals surface area (Å²) in [6.07, 6.45) is 4.03. The molecular formula is C45H54N6O11Zn. The van der Waals surface area contributed by atoms with E-state index in [0.29, 0.717) is 71.5 Å². The predicted octanol–water partition coefficient (Wildman–Crippen LogP) is 4.50. The Morgan fingerprint density at radius 2 is 1.19 bits per heavy atom. The number of hydrogen-bond acceptors (Lipinski definition) is 12. The normalized spacial score (nSPS) is 11.2. The van der Waals surface area contributed by atoms with Gasteiger partial charge in [0.05, 0.1) is 42.0 Å².